The topological polar surface area (TPSA) is 58.7 Å². The van der Waals surface area contributed by atoms with Crippen molar-refractivity contribution in [2.45, 2.75) is 19.1 Å². The fraction of sp³-hybridized carbons (Fsp3) is 0.500. The van der Waals surface area contributed by atoms with Crippen LogP contribution in [0.5, 0.6) is 0 Å². The summed E-state index contributed by atoms with van der Waals surface area (Å²) >= 11 is 0. The van der Waals surface area contributed by atoms with Crippen LogP contribution in [-0.2, 0) is 4.74 Å². The molecule has 1 aromatic carbocycles. The molecular weight excluding hydrogens is 204 g/mol. The van der Waals surface area contributed by atoms with Crippen molar-refractivity contribution in [3.8, 4) is 0 Å². The Morgan fingerprint density at radius 2 is 2.19 bits per heavy atom. The van der Waals surface area contributed by atoms with Crippen LogP contribution in [0.2, 0.25) is 0 Å². The third-order valence-corrected chi connectivity index (χ3v) is 2.90. The van der Waals surface area contributed by atoms with Crippen LogP contribution in [0.25, 0.3) is 0 Å². The van der Waals surface area contributed by atoms with Gasteiger partial charge in [0.05, 0.1) is 17.5 Å². The van der Waals surface area contributed by atoms with Gasteiger partial charge in [-0.25, -0.2) is 0 Å². The summed E-state index contributed by atoms with van der Waals surface area (Å²) in [5, 5.41) is 9.84. The molecular formula is C12H18N2O2. The zero-order valence-electron chi connectivity index (χ0n) is 9.47. The molecule has 0 spiro atoms. The average molecular weight is 222 g/mol. The normalized spacial score (nSPS) is 25.0. The lowest BCUT2D eigenvalue weighted by Gasteiger charge is -2.19. The molecule has 1 saturated heterocycles. The van der Waals surface area contributed by atoms with Crippen molar-refractivity contribution < 1.29 is 9.84 Å². The summed E-state index contributed by atoms with van der Waals surface area (Å²) in [5.41, 5.74) is 7.62. The number of β-amino-alcohol motifs (C(OH)–C–C–N with tert-alkyl or cyclic N) is 1. The predicted octanol–water partition coefficient (Wildman–Crippen LogP) is 0.855. The molecule has 2 atom stereocenters. The second-order valence-electron chi connectivity index (χ2n) is 4.02. The first kappa shape index (κ1) is 11.2. The monoisotopic (exact) mass is 222 g/mol. The molecule has 0 aromatic heterocycles. The van der Waals surface area contributed by atoms with E-state index in [1.807, 2.05) is 31.2 Å². The number of nitrogen functional groups attached to an aromatic ring is 1. The van der Waals surface area contributed by atoms with Crippen molar-refractivity contribution in [3.63, 3.8) is 0 Å². The molecule has 1 fully saturated rings. The lowest BCUT2D eigenvalue weighted by Crippen LogP contribution is -2.26. The van der Waals surface area contributed by atoms with Crippen molar-refractivity contribution >= 4 is 11.4 Å². The van der Waals surface area contributed by atoms with E-state index < -0.39 is 6.10 Å². The zero-order valence-corrected chi connectivity index (χ0v) is 9.47. The van der Waals surface area contributed by atoms with E-state index in [2.05, 4.69) is 4.90 Å². The number of hydrogen-bond donors (Lipinski definition) is 2. The highest BCUT2D eigenvalue weighted by Crippen LogP contribution is 2.27. The number of nitrogens with two attached hydrogens (primary N) is 1. The first-order valence-corrected chi connectivity index (χ1v) is 5.61. The fourth-order valence-electron chi connectivity index (χ4n) is 2.11. The van der Waals surface area contributed by atoms with Gasteiger partial charge in [0.2, 0.25) is 0 Å². The first-order chi connectivity index (χ1) is 7.72. The summed E-state index contributed by atoms with van der Waals surface area (Å²) in [5.74, 6) is 0. The Labute approximate surface area is 95.6 Å². The molecule has 1 heterocycles. The standard InChI is InChI=1S/C12H18N2O2/c1-2-16-12-8-14(7-11(12)15)10-6-4-3-5-9(10)13/h3-6,11-12,15H,2,7-8,13H2,1H3. The Bertz CT molecular complexity index is 357. The summed E-state index contributed by atoms with van der Waals surface area (Å²) in [6.45, 7) is 3.84. The van der Waals surface area contributed by atoms with E-state index in [0.29, 0.717) is 19.7 Å². The minimum Gasteiger partial charge on any atom is -0.397 e. The molecule has 1 aliphatic rings. The number of hydrogen-bond acceptors (Lipinski definition) is 4. The smallest absolute Gasteiger partial charge is 0.102 e. The minimum atomic E-state index is -0.431. The SMILES string of the molecule is CCOC1CN(c2ccccc2N)CC1O. The van der Waals surface area contributed by atoms with E-state index in [-0.39, 0.29) is 6.10 Å². The van der Waals surface area contributed by atoms with Crippen molar-refractivity contribution in [1.82, 2.24) is 0 Å². The number of aliphatic hydroxyl groups is 1. The van der Waals surface area contributed by atoms with Crippen molar-refractivity contribution in [2.75, 3.05) is 30.3 Å². The van der Waals surface area contributed by atoms with Gasteiger partial charge in [-0.1, -0.05) is 12.1 Å². The second-order valence-corrected chi connectivity index (χ2v) is 4.02. The molecule has 1 aliphatic heterocycles. The van der Waals surface area contributed by atoms with Crippen molar-refractivity contribution in [2.24, 2.45) is 0 Å². The highest BCUT2D eigenvalue weighted by Gasteiger charge is 2.32. The number of aliphatic hydroxyl groups excluding tert-OH is 1. The molecule has 4 heteroatoms. The molecule has 0 radical (unpaired) electrons. The molecule has 2 rings (SSSR count). The van der Waals surface area contributed by atoms with Gasteiger partial charge in [0.25, 0.3) is 0 Å². The van der Waals surface area contributed by atoms with E-state index in [1.54, 1.807) is 0 Å². The van der Waals surface area contributed by atoms with Crippen molar-refractivity contribution in [1.29, 1.82) is 0 Å². The van der Waals surface area contributed by atoms with Crippen LogP contribution in [0.15, 0.2) is 24.3 Å². The van der Waals surface area contributed by atoms with E-state index in [0.717, 1.165) is 11.4 Å². The van der Waals surface area contributed by atoms with E-state index in [9.17, 15) is 5.11 Å². The van der Waals surface area contributed by atoms with E-state index in [4.69, 9.17) is 10.5 Å². The highest BCUT2D eigenvalue weighted by molar-refractivity contribution is 5.67. The molecule has 3 N–H and O–H groups in total. The van der Waals surface area contributed by atoms with Crippen LogP contribution in [0.4, 0.5) is 11.4 Å². The Morgan fingerprint density at radius 1 is 1.44 bits per heavy atom. The van der Waals surface area contributed by atoms with Crippen LogP contribution < -0.4 is 10.6 Å². The Morgan fingerprint density at radius 3 is 2.88 bits per heavy atom. The van der Waals surface area contributed by atoms with E-state index >= 15 is 0 Å². The molecule has 88 valence electrons. The lowest BCUT2D eigenvalue weighted by atomic mass is 10.2. The van der Waals surface area contributed by atoms with Gasteiger partial charge in [0.1, 0.15) is 6.10 Å². The van der Waals surface area contributed by atoms with Gasteiger partial charge >= 0.3 is 0 Å². The molecule has 0 aliphatic carbocycles. The maximum absolute atomic E-state index is 9.84. The predicted molar refractivity (Wildman–Crippen MR) is 64.5 cm³/mol. The number of rotatable bonds is 3. The van der Waals surface area contributed by atoms with Gasteiger partial charge in [0.15, 0.2) is 0 Å². The molecule has 0 saturated carbocycles. The largest absolute Gasteiger partial charge is 0.397 e. The average Bonchev–Trinajstić information content (AvgIpc) is 2.61. The van der Waals surface area contributed by atoms with Gasteiger partial charge in [-0.3, -0.25) is 0 Å². The van der Waals surface area contributed by atoms with Gasteiger partial charge in [-0.05, 0) is 19.1 Å². The van der Waals surface area contributed by atoms with Crippen LogP contribution in [-0.4, -0.2) is 37.0 Å². The Balaban J connectivity index is 2.11. The molecule has 1 aromatic rings. The van der Waals surface area contributed by atoms with Crippen LogP contribution in [0.3, 0.4) is 0 Å². The zero-order chi connectivity index (χ0) is 11.5. The quantitative estimate of drug-likeness (QED) is 0.745. The number of anilines is 2. The lowest BCUT2D eigenvalue weighted by molar-refractivity contribution is -0.00189. The van der Waals surface area contributed by atoms with Crippen molar-refractivity contribution in [3.05, 3.63) is 24.3 Å². The molecule has 0 bridgehead atoms. The summed E-state index contributed by atoms with van der Waals surface area (Å²) in [6.07, 6.45) is -0.538. The Hall–Kier alpha value is -1.26. The summed E-state index contributed by atoms with van der Waals surface area (Å²) in [4.78, 5) is 2.07. The summed E-state index contributed by atoms with van der Waals surface area (Å²) in [6, 6.07) is 7.70. The second kappa shape index (κ2) is 4.72. The fourth-order valence-corrected chi connectivity index (χ4v) is 2.11. The molecule has 4 nitrogen and oxygen atoms in total. The highest BCUT2D eigenvalue weighted by atomic mass is 16.5. The van der Waals surface area contributed by atoms with E-state index in [1.165, 1.54) is 0 Å². The summed E-state index contributed by atoms with van der Waals surface area (Å²) in [7, 11) is 0. The Kier molecular flexibility index (Phi) is 3.31. The van der Waals surface area contributed by atoms with Crippen LogP contribution in [0.1, 0.15) is 6.92 Å². The van der Waals surface area contributed by atoms with Crippen LogP contribution >= 0.6 is 0 Å². The first-order valence-electron chi connectivity index (χ1n) is 5.61. The number of para-hydroxylation sites is 2. The number of benzene rings is 1. The molecule has 16 heavy (non-hydrogen) atoms. The molecule has 2 unspecified atom stereocenters. The molecule has 0 amide bonds. The third kappa shape index (κ3) is 2.13. The maximum atomic E-state index is 9.84. The van der Waals surface area contributed by atoms with Gasteiger partial charge in [-0.2, -0.15) is 0 Å². The number of nitrogens with zero attached hydrogens (tertiary/aromatic N) is 1. The van der Waals surface area contributed by atoms with Crippen LogP contribution in [0, 0.1) is 0 Å². The maximum Gasteiger partial charge on any atom is 0.102 e. The third-order valence-electron chi connectivity index (χ3n) is 2.90. The van der Waals surface area contributed by atoms with Gasteiger partial charge < -0.3 is 20.5 Å². The number of ether oxygens (including phenoxy) is 1. The van der Waals surface area contributed by atoms with Gasteiger partial charge in [-0.15, -0.1) is 0 Å². The minimum absolute atomic E-state index is 0.107. The van der Waals surface area contributed by atoms with Gasteiger partial charge in [0, 0.05) is 19.7 Å². The summed E-state index contributed by atoms with van der Waals surface area (Å²) < 4.78 is 5.47.